The fourth-order valence-electron chi connectivity index (χ4n) is 2.48. The van der Waals surface area contributed by atoms with Gasteiger partial charge in [-0.3, -0.25) is 4.79 Å². The molecule has 0 bridgehead atoms. The second-order valence-corrected chi connectivity index (χ2v) is 4.21. The van der Waals surface area contributed by atoms with Gasteiger partial charge < -0.3 is 10.3 Å². The second-order valence-electron chi connectivity index (χ2n) is 4.21. The van der Waals surface area contributed by atoms with Crippen molar-refractivity contribution >= 4 is 10.9 Å². The summed E-state index contributed by atoms with van der Waals surface area (Å²) in [5.41, 5.74) is 6.94. The molecule has 0 saturated heterocycles. The van der Waals surface area contributed by atoms with Gasteiger partial charge in [0.2, 0.25) is 0 Å². The summed E-state index contributed by atoms with van der Waals surface area (Å²) in [6, 6.07) is 5.65. The highest BCUT2D eigenvalue weighted by molar-refractivity contribution is 5.84. The Morgan fingerprint density at radius 1 is 1.31 bits per heavy atom. The standard InChI is InChI=1S/C12H11FN2O/c1-6-11(14)10-8(13)4-2-7-3-5-9(16)15(6)12(7)10/h2-6,11H,14H2,1H3. The molecule has 0 spiro atoms. The number of benzene rings is 1. The number of pyridine rings is 1. The predicted octanol–water partition coefficient (Wildman–Crippen LogP) is 1.72. The van der Waals surface area contributed by atoms with Gasteiger partial charge in [-0.2, -0.15) is 0 Å². The first-order valence-electron chi connectivity index (χ1n) is 5.20. The molecule has 2 N–H and O–H groups in total. The lowest BCUT2D eigenvalue weighted by molar-refractivity contribution is 0.475. The number of hydrogen-bond acceptors (Lipinski definition) is 2. The van der Waals surface area contributed by atoms with E-state index in [1.165, 1.54) is 12.1 Å². The largest absolute Gasteiger partial charge is 0.322 e. The number of rotatable bonds is 0. The van der Waals surface area contributed by atoms with E-state index in [2.05, 4.69) is 0 Å². The third-order valence-electron chi connectivity index (χ3n) is 3.34. The molecule has 4 heteroatoms. The molecule has 3 nitrogen and oxygen atoms in total. The fourth-order valence-corrected chi connectivity index (χ4v) is 2.48. The summed E-state index contributed by atoms with van der Waals surface area (Å²) in [4.78, 5) is 11.7. The van der Waals surface area contributed by atoms with E-state index in [0.29, 0.717) is 11.1 Å². The smallest absolute Gasteiger partial charge is 0.251 e. The molecule has 1 aromatic carbocycles. The van der Waals surface area contributed by atoms with E-state index in [1.807, 2.05) is 6.92 Å². The molecule has 1 aliphatic rings. The van der Waals surface area contributed by atoms with Crippen LogP contribution >= 0.6 is 0 Å². The van der Waals surface area contributed by atoms with Crippen molar-refractivity contribution in [3.05, 3.63) is 46.0 Å². The van der Waals surface area contributed by atoms with Crippen LogP contribution < -0.4 is 11.3 Å². The number of nitrogens with two attached hydrogens (primary N) is 1. The third-order valence-corrected chi connectivity index (χ3v) is 3.34. The van der Waals surface area contributed by atoms with Crippen LogP contribution in [0.5, 0.6) is 0 Å². The summed E-state index contributed by atoms with van der Waals surface area (Å²) in [6.45, 7) is 1.84. The van der Waals surface area contributed by atoms with E-state index in [0.717, 1.165) is 5.39 Å². The Kier molecular flexibility index (Phi) is 1.74. The Balaban J connectivity index is 2.59. The van der Waals surface area contributed by atoms with Crippen LogP contribution in [-0.4, -0.2) is 4.57 Å². The van der Waals surface area contributed by atoms with Crippen molar-refractivity contribution in [1.82, 2.24) is 4.57 Å². The van der Waals surface area contributed by atoms with Crippen LogP contribution in [0.2, 0.25) is 0 Å². The highest BCUT2D eigenvalue weighted by Gasteiger charge is 2.31. The lowest BCUT2D eigenvalue weighted by Gasteiger charge is -2.12. The average molecular weight is 218 g/mol. The van der Waals surface area contributed by atoms with E-state index in [1.54, 1.807) is 16.7 Å². The molecule has 2 unspecified atom stereocenters. The van der Waals surface area contributed by atoms with Crippen LogP contribution in [0.1, 0.15) is 24.6 Å². The Morgan fingerprint density at radius 3 is 2.75 bits per heavy atom. The topological polar surface area (TPSA) is 48.0 Å². The maximum absolute atomic E-state index is 13.7. The molecule has 2 atom stereocenters. The van der Waals surface area contributed by atoms with Crippen molar-refractivity contribution in [3.8, 4) is 0 Å². The summed E-state index contributed by atoms with van der Waals surface area (Å²) in [6.07, 6.45) is 0. The van der Waals surface area contributed by atoms with Gasteiger partial charge >= 0.3 is 0 Å². The molecule has 0 amide bonds. The Labute approximate surface area is 91.3 Å². The van der Waals surface area contributed by atoms with Gasteiger partial charge in [0, 0.05) is 11.6 Å². The zero-order chi connectivity index (χ0) is 11.4. The van der Waals surface area contributed by atoms with E-state index in [-0.39, 0.29) is 17.4 Å². The highest BCUT2D eigenvalue weighted by atomic mass is 19.1. The molecule has 0 saturated carbocycles. The van der Waals surface area contributed by atoms with Gasteiger partial charge in [0.15, 0.2) is 0 Å². The highest BCUT2D eigenvalue weighted by Crippen LogP contribution is 2.38. The van der Waals surface area contributed by atoms with Crippen LogP contribution in [-0.2, 0) is 0 Å². The van der Waals surface area contributed by atoms with Crippen molar-refractivity contribution in [2.24, 2.45) is 5.73 Å². The van der Waals surface area contributed by atoms with E-state index in [4.69, 9.17) is 5.73 Å². The minimum atomic E-state index is -0.446. The first kappa shape index (κ1) is 9.54. The molecular weight excluding hydrogens is 207 g/mol. The van der Waals surface area contributed by atoms with Crippen LogP contribution in [0.25, 0.3) is 10.9 Å². The summed E-state index contributed by atoms with van der Waals surface area (Å²) in [5.74, 6) is -0.330. The average Bonchev–Trinajstić information content (AvgIpc) is 2.53. The number of halogens is 1. The first-order valence-corrected chi connectivity index (χ1v) is 5.20. The maximum Gasteiger partial charge on any atom is 0.251 e. The molecule has 82 valence electrons. The Hall–Kier alpha value is -1.68. The molecule has 0 aliphatic carbocycles. The molecule has 1 aromatic heterocycles. The van der Waals surface area contributed by atoms with Gasteiger partial charge in [-0.1, -0.05) is 0 Å². The van der Waals surface area contributed by atoms with Gasteiger partial charge in [-0.15, -0.1) is 0 Å². The van der Waals surface area contributed by atoms with Crippen LogP contribution in [0, 0.1) is 5.82 Å². The van der Waals surface area contributed by atoms with E-state index < -0.39 is 6.04 Å². The first-order chi connectivity index (χ1) is 7.61. The lowest BCUT2D eigenvalue weighted by atomic mass is 10.0. The van der Waals surface area contributed by atoms with Gasteiger partial charge in [0.25, 0.3) is 5.56 Å². The molecule has 2 aromatic rings. The normalized spacial score (nSPS) is 22.9. The zero-order valence-corrected chi connectivity index (χ0v) is 8.77. The SMILES string of the molecule is CC1C(N)c2c(F)ccc3ccc(=O)n1c23. The third kappa shape index (κ3) is 0.971. The number of nitrogens with zero attached hydrogens (tertiary/aromatic N) is 1. The quantitative estimate of drug-likeness (QED) is 0.731. The molecule has 1 aliphatic heterocycles. The number of aromatic nitrogens is 1. The number of hydrogen-bond donors (Lipinski definition) is 1. The van der Waals surface area contributed by atoms with E-state index >= 15 is 0 Å². The summed E-state index contributed by atoms with van der Waals surface area (Å²) >= 11 is 0. The van der Waals surface area contributed by atoms with Crippen molar-refractivity contribution in [2.45, 2.75) is 19.0 Å². The summed E-state index contributed by atoms with van der Waals surface area (Å²) < 4.78 is 15.3. The monoisotopic (exact) mass is 218 g/mol. The Morgan fingerprint density at radius 2 is 2.00 bits per heavy atom. The minimum Gasteiger partial charge on any atom is -0.322 e. The van der Waals surface area contributed by atoms with Crippen molar-refractivity contribution in [2.75, 3.05) is 0 Å². The van der Waals surface area contributed by atoms with Gasteiger partial charge in [-0.25, -0.2) is 4.39 Å². The van der Waals surface area contributed by atoms with Crippen molar-refractivity contribution < 1.29 is 4.39 Å². The summed E-state index contributed by atoms with van der Waals surface area (Å²) in [5, 5.41) is 0.857. The zero-order valence-electron chi connectivity index (χ0n) is 8.77. The molecule has 0 radical (unpaired) electrons. The van der Waals surface area contributed by atoms with Crippen LogP contribution in [0.3, 0.4) is 0 Å². The lowest BCUT2D eigenvalue weighted by Crippen LogP contribution is -2.24. The molecule has 3 rings (SSSR count). The van der Waals surface area contributed by atoms with Crippen LogP contribution in [0.4, 0.5) is 4.39 Å². The van der Waals surface area contributed by atoms with Crippen molar-refractivity contribution in [3.63, 3.8) is 0 Å². The van der Waals surface area contributed by atoms with Gasteiger partial charge in [0.05, 0.1) is 17.6 Å². The summed E-state index contributed by atoms with van der Waals surface area (Å²) in [7, 11) is 0. The molecule has 16 heavy (non-hydrogen) atoms. The van der Waals surface area contributed by atoms with Crippen molar-refractivity contribution in [1.29, 1.82) is 0 Å². The maximum atomic E-state index is 13.7. The van der Waals surface area contributed by atoms with Gasteiger partial charge in [-0.05, 0) is 30.5 Å². The van der Waals surface area contributed by atoms with Gasteiger partial charge in [0.1, 0.15) is 5.82 Å². The minimum absolute atomic E-state index is 0.125. The molecule has 0 fully saturated rings. The Bertz CT molecular complexity index is 647. The second kappa shape index (κ2) is 2.92. The van der Waals surface area contributed by atoms with E-state index in [9.17, 15) is 9.18 Å². The fraction of sp³-hybridized carbons (Fsp3) is 0.250. The predicted molar refractivity (Wildman–Crippen MR) is 59.8 cm³/mol. The molecular formula is C12H11FN2O. The molecule has 2 heterocycles. The van der Waals surface area contributed by atoms with Crippen LogP contribution in [0.15, 0.2) is 29.1 Å².